The lowest BCUT2D eigenvalue weighted by molar-refractivity contribution is -0.138. The van der Waals surface area contributed by atoms with Gasteiger partial charge in [0.25, 0.3) is 0 Å². The summed E-state index contributed by atoms with van der Waals surface area (Å²) in [6.45, 7) is 1.59. The van der Waals surface area contributed by atoms with Crippen LogP contribution in [-0.4, -0.2) is 10.9 Å². The molecule has 1 amide bonds. The lowest BCUT2D eigenvalue weighted by Gasteiger charge is -2.18. The normalized spacial score (nSPS) is 12.7. The van der Waals surface area contributed by atoms with Crippen molar-refractivity contribution in [2.24, 2.45) is 0 Å². The van der Waals surface area contributed by atoms with E-state index < -0.39 is 17.7 Å². The number of hydrogen-bond acceptors (Lipinski definition) is 3. The van der Waals surface area contributed by atoms with Gasteiger partial charge in [-0.2, -0.15) is 13.2 Å². The predicted octanol–water partition coefficient (Wildman–Crippen LogP) is 3.81. The van der Waals surface area contributed by atoms with Crippen LogP contribution in [0.1, 0.15) is 30.4 Å². The maximum Gasteiger partial charge on any atom is 0.416 e. The zero-order valence-corrected chi connectivity index (χ0v) is 12.4. The number of carbonyl (C=O) groups excluding carboxylic acids is 1. The maximum atomic E-state index is 13.0. The van der Waals surface area contributed by atoms with E-state index in [1.807, 2.05) is 0 Å². The molecule has 2 rings (SSSR count). The summed E-state index contributed by atoms with van der Waals surface area (Å²) in [6, 6.07) is 8.38. The monoisotopic (exact) mass is 323 g/mol. The Balaban J connectivity index is 2.08. The van der Waals surface area contributed by atoms with Crippen LogP contribution in [0.5, 0.6) is 0 Å². The number of aromatic nitrogens is 1. The number of alkyl halides is 3. The maximum absolute atomic E-state index is 13.0. The second-order valence-corrected chi connectivity index (χ2v) is 5.21. The van der Waals surface area contributed by atoms with Crippen molar-refractivity contribution in [3.8, 4) is 0 Å². The number of nitrogen functional groups attached to an aromatic ring is 1. The second-order valence-electron chi connectivity index (χ2n) is 5.21. The molecule has 0 radical (unpaired) electrons. The van der Waals surface area contributed by atoms with Crippen LogP contribution in [0.25, 0.3) is 0 Å². The Morgan fingerprint density at radius 2 is 1.96 bits per heavy atom. The largest absolute Gasteiger partial charge is 0.416 e. The van der Waals surface area contributed by atoms with Crippen LogP contribution in [0.3, 0.4) is 0 Å². The Morgan fingerprint density at radius 1 is 1.26 bits per heavy atom. The first kappa shape index (κ1) is 16.8. The SMILES string of the molecule is CC(CC(=O)Nc1ccc(N)nc1)c1ccccc1C(F)(F)F. The molecule has 0 saturated heterocycles. The van der Waals surface area contributed by atoms with Crippen LogP contribution >= 0.6 is 0 Å². The first-order valence-corrected chi connectivity index (χ1v) is 6.95. The van der Waals surface area contributed by atoms with Crippen molar-refractivity contribution in [2.75, 3.05) is 11.1 Å². The Hall–Kier alpha value is -2.57. The fourth-order valence-electron chi connectivity index (χ4n) is 2.26. The summed E-state index contributed by atoms with van der Waals surface area (Å²) in [5.41, 5.74) is 5.28. The molecule has 122 valence electrons. The highest BCUT2D eigenvalue weighted by molar-refractivity contribution is 5.91. The van der Waals surface area contributed by atoms with Gasteiger partial charge >= 0.3 is 6.18 Å². The lowest BCUT2D eigenvalue weighted by atomic mass is 9.92. The van der Waals surface area contributed by atoms with E-state index in [-0.39, 0.29) is 17.9 Å². The highest BCUT2D eigenvalue weighted by Gasteiger charge is 2.34. The number of nitrogens with two attached hydrogens (primary N) is 1. The third-order valence-corrected chi connectivity index (χ3v) is 3.36. The molecule has 3 N–H and O–H groups in total. The van der Waals surface area contributed by atoms with Crippen molar-refractivity contribution in [3.05, 3.63) is 53.7 Å². The van der Waals surface area contributed by atoms with E-state index in [1.165, 1.54) is 30.5 Å². The molecule has 0 spiro atoms. The van der Waals surface area contributed by atoms with Crippen molar-refractivity contribution < 1.29 is 18.0 Å². The van der Waals surface area contributed by atoms with Crippen molar-refractivity contribution >= 4 is 17.4 Å². The van der Waals surface area contributed by atoms with Gasteiger partial charge in [-0.3, -0.25) is 4.79 Å². The van der Waals surface area contributed by atoms with Crippen LogP contribution in [0.2, 0.25) is 0 Å². The number of hydrogen-bond donors (Lipinski definition) is 2. The van der Waals surface area contributed by atoms with E-state index in [0.717, 1.165) is 6.07 Å². The molecule has 0 aliphatic heterocycles. The van der Waals surface area contributed by atoms with E-state index in [1.54, 1.807) is 13.0 Å². The molecular weight excluding hydrogens is 307 g/mol. The summed E-state index contributed by atoms with van der Waals surface area (Å²) in [4.78, 5) is 15.8. The number of amides is 1. The number of carbonyl (C=O) groups is 1. The van der Waals surface area contributed by atoms with Crippen LogP contribution in [-0.2, 0) is 11.0 Å². The van der Waals surface area contributed by atoms with Crippen LogP contribution in [0, 0.1) is 0 Å². The molecule has 1 heterocycles. The quantitative estimate of drug-likeness (QED) is 0.899. The molecule has 0 fully saturated rings. The van der Waals surface area contributed by atoms with E-state index in [0.29, 0.717) is 11.5 Å². The van der Waals surface area contributed by atoms with Gasteiger partial charge in [-0.25, -0.2) is 4.98 Å². The average molecular weight is 323 g/mol. The van der Waals surface area contributed by atoms with E-state index >= 15 is 0 Å². The fourth-order valence-corrected chi connectivity index (χ4v) is 2.26. The minimum absolute atomic E-state index is 0.0720. The predicted molar refractivity (Wildman–Crippen MR) is 81.8 cm³/mol. The van der Waals surface area contributed by atoms with Gasteiger partial charge in [-0.05, 0) is 29.7 Å². The third kappa shape index (κ3) is 4.45. The highest BCUT2D eigenvalue weighted by Crippen LogP contribution is 2.36. The molecule has 2 aromatic rings. The fraction of sp³-hybridized carbons (Fsp3) is 0.250. The third-order valence-electron chi connectivity index (χ3n) is 3.36. The molecule has 1 aromatic carbocycles. The Labute approximate surface area is 131 Å². The van der Waals surface area contributed by atoms with Gasteiger partial charge in [0.15, 0.2) is 0 Å². The average Bonchev–Trinajstić information content (AvgIpc) is 2.48. The number of rotatable bonds is 4. The number of halogens is 3. The smallest absolute Gasteiger partial charge is 0.384 e. The molecule has 23 heavy (non-hydrogen) atoms. The summed E-state index contributed by atoms with van der Waals surface area (Å²) in [7, 11) is 0. The van der Waals surface area contributed by atoms with Crippen molar-refractivity contribution in [3.63, 3.8) is 0 Å². The van der Waals surface area contributed by atoms with Gasteiger partial charge in [-0.15, -0.1) is 0 Å². The van der Waals surface area contributed by atoms with E-state index in [4.69, 9.17) is 5.73 Å². The van der Waals surface area contributed by atoms with Gasteiger partial charge in [0.05, 0.1) is 17.4 Å². The van der Waals surface area contributed by atoms with Crippen LogP contribution in [0.15, 0.2) is 42.6 Å². The summed E-state index contributed by atoms with van der Waals surface area (Å²) in [5.74, 6) is -0.647. The standard InChI is InChI=1S/C16H16F3N3O/c1-10(12-4-2-3-5-13(12)16(17,18)19)8-15(23)22-11-6-7-14(20)21-9-11/h2-7,9-10H,8H2,1H3,(H2,20,21)(H,22,23). The number of nitrogens with one attached hydrogen (secondary N) is 1. The summed E-state index contributed by atoms with van der Waals surface area (Å²) >= 11 is 0. The van der Waals surface area contributed by atoms with Crippen LogP contribution < -0.4 is 11.1 Å². The highest BCUT2D eigenvalue weighted by atomic mass is 19.4. The summed E-state index contributed by atoms with van der Waals surface area (Å²) in [6.07, 6.45) is -3.12. The van der Waals surface area contributed by atoms with Gasteiger partial charge in [0, 0.05) is 6.42 Å². The molecule has 0 aliphatic rings. The minimum atomic E-state index is -4.44. The summed E-state index contributed by atoms with van der Waals surface area (Å²) in [5, 5.41) is 2.59. The molecule has 4 nitrogen and oxygen atoms in total. The van der Waals surface area contributed by atoms with Gasteiger partial charge in [-0.1, -0.05) is 25.1 Å². The Bertz CT molecular complexity index is 684. The number of benzene rings is 1. The van der Waals surface area contributed by atoms with Crippen molar-refractivity contribution in [1.29, 1.82) is 0 Å². The summed E-state index contributed by atoms with van der Waals surface area (Å²) < 4.78 is 39.0. The molecular formula is C16H16F3N3O. The number of pyridine rings is 1. The number of nitrogens with zero attached hydrogens (tertiary/aromatic N) is 1. The molecule has 0 aliphatic carbocycles. The van der Waals surface area contributed by atoms with Gasteiger partial charge in [0.1, 0.15) is 5.82 Å². The molecule has 1 aromatic heterocycles. The topological polar surface area (TPSA) is 68.0 Å². The van der Waals surface area contributed by atoms with Crippen LogP contribution in [0.4, 0.5) is 24.7 Å². The first-order chi connectivity index (χ1) is 10.8. The Morgan fingerprint density at radius 3 is 2.57 bits per heavy atom. The molecule has 0 saturated carbocycles. The first-order valence-electron chi connectivity index (χ1n) is 6.95. The van der Waals surface area contributed by atoms with E-state index in [9.17, 15) is 18.0 Å². The molecule has 1 unspecified atom stereocenters. The zero-order chi connectivity index (χ0) is 17.0. The molecule has 1 atom stereocenters. The molecule has 0 bridgehead atoms. The second kappa shape index (κ2) is 6.68. The van der Waals surface area contributed by atoms with Crippen molar-refractivity contribution in [1.82, 2.24) is 4.98 Å². The lowest BCUT2D eigenvalue weighted by Crippen LogP contribution is -2.17. The minimum Gasteiger partial charge on any atom is -0.384 e. The van der Waals surface area contributed by atoms with E-state index in [2.05, 4.69) is 10.3 Å². The zero-order valence-electron chi connectivity index (χ0n) is 12.4. The Kier molecular flexibility index (Phi) is 4.88. The van der Waals surface area contributed by atoms with Gasteiger partial charge in [0.2, 0.25) is 5.91 Å². The number of anilines is 2. The van der Waals surface area contributed by atoms with Gasteiger partial charge < -0.3 is 11.1 Å². The molecule has 7 heteroatoms. The van der Waals surface area contributed by atoms with Crippen molar-refractivity contribution in [2.45, 2.75) is 25.4 Å².